The van der Waals surface area contributed by atoms with Crippen molar-refractivity contribution in [1.29, 1.82) is 0 Å². The number of carbonyl (C=O) groups is 1. The fourth-order valence-corrected chi connectivity index (χ4v) is 1.52. The Bertz CT molecular complexity index is 558. The standard InChI is InChI=1S/C11H15N5O2/c1-3-7-4-13-9(18-7)5-14-11(17)10-8(12)6-16(2)15-10/h4,6H,3,5,12H2,1-2H3,(H,14,17). The van der Waals surface area contributed by atoms with Crippen molar-refractivity contribution < 1.29 is 9.21 Å². The molecule has 96 valence electrons. The molecule has 0 bridgehead atoms. The maximum Gasteiger partial charge on any atom is 0.274 e. The van der Waals surface area contributed by atoms with E-state index in [1.165, 1.54) is 4.68 Å². The first kappa shape index (κ1) is 12.2. The lowest BCUT2D eigenvalue weighted by molar-refractivity contribution is 0.0942. The quantitative estimate of drug-likeness (QED) is 0.821. The number of aromatic nitrogens is 3. The molecule has 0 saturated carbocycles. The Kier molecular flexibility index (Phi) is 3.31. The SMILES string of the molecule is CCc1cnc(CNC(=O)c2nn(C)cc2N)o1. The van der Waals surface area contributed by atoms with Crippen molar-refractivity contribution in [2.24, 2.45) is 7.05 Å². The molecule has 0 radical (unpaired) electrons. The van der Waals surface area contributed by atoms with Gasteiger partial charge in [0.15, 0.2) is 5.69 Å². The molecule has 0 aromatic carbocycles. The molecule has 2 heterocycles. The molecule has 2 rings (SSSR count). The Morgan fingerprint density at radius 1 is 1.61 bits per heavy atom. The summed E-state index contributed by atoms with van der Waals surface area (Å²) in [5.74, 6) is 0.913. The second-order valence-corrected chi connectivity index (χ2v) is 3.86. The van der Waals surface area contributed by atoms with Crippen molar-refractivity contribution in [3.8, 4) is 0 Å². The highest BCUT2D eigenvalue weighted by molar-refractivity contribution is 5.96. The lowest BCUT2D eigenvalue weighted by Crippen LogP contribution is -2.24. The molecule has 0 fully saturated rings. The molecule has 0 saturated heterocycles. The molecule has 18 heavy (non-hydrogen) atoms. The van der Waals surface area contributed by atoms with Crippen LogP contribution < -0.4 is 11.1 Å². The Morgan fingerprint density at radius 3 is 2.94 bits per heavy atom. The van der Waals surface area contributed by atoms with Gasteiger partial charge in [0.25, 0.3) is 5.91 Å². The molecule has 7 heteroatoms. The van der Waals surface area contributed by atoms with Gasteiger partial charge in [-0.3, -0.25) is 9.48 Å². The summed E-state index contributed by atoms with van der Waals surface area (Å²) >= 11 is 0. The second kappa shape index (κ2) is 4.91. The molecule has 0 aliphatic carbocycles. The van der Waals surface area contributed by atoms with Crippen LogP contribution in [0.15, 0.2) is 16.8 Å². The number of carbonyl (C=O) groups excluding carboxylic acids is 1. The Hall–Kier alpha value is -2.31. The van der Waals surface area contributed by atoms with Crippen LogP contribution in [0, 0.1) is 0 Å². The number of hydrogen-bond donors (Lipinski definition) is 2. The highest BCUT2D eigenvalue weighted by Gasteiger charge is 2.14. The van der Waals surface area contributed by atoms with E-state index in [9.17, 15) is 4.79 Å². The van der Waals surface area contributed by atoms with Crippen LogP contribution in [-0.4, -0.2) is 20.7 Å². The molecule has 0 aliphatic heterocycles. The number of nitrogens with two attached hydrogens (primary N) is 1. The molecular formula is C11H15N5O2. The summed E-state index contributed by atoms with van der Waals surface area (Å²) < 4.78 is 6.86. The third-order valence-electron chi connectivity index (χ3n) is 2.42. The fourth-order valence-electron chi connectivity index (χ4n) is 1.52. The molecule has 2 aromatic heterocycles. The van der Waals surface area contributed by atoms with Crippen LogP contribution in [0.25, 0.3) is 0 Å². The largest absolute Gasteiger partial charge is 0.444 e. The molecular weight excluding hydrogens is 234 g/mol. The van der Waals surface area contributed by atoms with Gasteiger partial charge in [0.1, 0.15) is 5.76 Å². The van der Waals surface area contributed by atoms with Gasteiger partial charge in [0.05, 0.1) is 18.4 Å². The second-order valence-electron chi connectivity index (χ2n) is 3.86. The van der Waals surface area contributed by atoms with Crippen molar-refractivity contribution in [3.05, 3.63) is 29.7 Å². The van der Waals surface area contributed by atoms with Crippen molar-refractivity contribution >= 4 is 11.6 Å². The first-order valence-corrected chi connectivity index (χ1v) is 5.61. The molecule has 0 aliphatic rings. The number of aryl methyl sites for hydroxylation is 2. The van der Waals surface area contributed by atoms with Crippen molar-refractivity contribution in [3.63, 3.8) is 0 Å². The van der Waals surface area contributed by atoms with Gasteiger partial charge >= 0.3 is 0 Å². The summed E-state index contributed by atoms with van der Waals surface area (Å²) in [4.78, 5) is 15.8. The summed E-state index contributed by atoms with van der Waals surface area (Å²) in [6.07, 6.45) is 4.00. The van der Waals surface area contributed by atoms with Crippen LogP contribution >= 0.6 is 0 Å². The lowest BCUT2D eigenvalue weighted by atomic mass is 10.3. The number of nitrogens with zero attached hydrogens (tertiary/aromatic N) is 3. The fraction of sp³-hybridized carbons (Fsp3) is 0.364. The summed E-state index contributed by atoms with van der Waals surface area (Å²) in [5, 5.41) is 6.63. The van der Waals surface area contributed by atoms with E-state index in [4.69, 9.17) is 10.2 Å². The van der Waals surface area contributed by atoms with Gasteiger partial charge < -0.3 is 15.5 Å². The smallest absolute Gasteiger partial charge is 0.274 e. The Balaban J connectivity index is 1.98. The first-order chi connectivity index (χ1) is 8.60. The average Bonchev–Trinajstić information content (AvgIpc) is 2.92. The number of hydrogen-bond acceptors (Lipinski definition) is 5. The van der Waals surface area contributed by atoms with Crippen LogP contribution in [0.1, 0.15) is 29.1 Å². The number of anilines is 1. The van der Waals surface area contributed by atoms with Crippen LogP contribution in [0.4, 0.5) is 5.69 Å². The maximum atomic E-state index is 11.8. The van der Waals surface area contributed by atoms with Crippen molar-refractivity contribution in [2.45, 2.75) is 19.9 Å². The van der Waals surface area contributed by atoms with E-state index in [1.807, 2.05) is 6.92 Å². The number of oxazole rings is 1. The van der Waals surface area contributed by atoms with E-state index in [1.54, 1.807) is 19.4 Å². The molecule has 1 amide bonds. The minimum absolute atomic E-state index is 0.208. The summed E-state index contributed by atoms with van der Waals surface area (Å²) in [7, 11) is 1.70. The Morgan fingerprint density at radius 2 is 2.39 bits per heavy atom. The molecule has 0 atom stereocenters. The van der Waals surface area contributed by atoms with E-state index in [2.05, 4.69) is 15.4 Å². The third kappa shape index (κ3) is 2.50. The Labute approximate surface area is 104 Å². The van der Waals surface area contributed by atoms with Crippen LogP contribution in [0.2, 0.25) is 0 Å². The number of nitrogens with one attached hydrogen (secondary N) is 1. The normalized spacial score (nSPS) is 10.6. The zero-order chi connectivity index (χ0) is 13.1. The predicted molar refractivity (Wildman–Crippen MR) is 64.7 cm³/mol. The third-order valence-corrected chi connectivity index (χ3v) is 2.42. The van der Waals surface area contributed by atoms with E-state index in [0.29, 0.717) is 11.6 Å². The van der Waals surface area contributed by atoms with Crippen molar-refractivity contribution in [1.82, 2.24) is 20.1 Å². The molecule has 0 spiro atoms. The predicted octanol–water partition coefficient (Wildman–Crippen LogP) is 0.483. The molecule has 0 unspecified atom stereocenters. The zero-order valence-electron chi connectivity index (χ0n) is 10.3. The van der Waals surface area contributed by atoms with Crippen LogP contribution in [-0.2, 0) is 20.0 Å². The number of rotatable bonds is 4. The highest BCUT2D eigenvalue weighted by Crippen LogP contribution is 2.08. The molecule has 3 N–H and O–H groups in total. The first-order valence-electron chi connectivity index (χ1n) is 5.61. The van der Waals surface area contributed by atoms with Gasteiger partial charge in [0, 0.05) is 19.7 Å². The van der Waals surface area contributed by atoms with Gasteiger partial charge in [-0.2, -0.15) is 5.10 Å². The van der Waals surface area contributed by atoms with E-state index < -0.39 is 0 Å². The van der Waals surface area contributed by atoms with E-state index in [-0.39, 0.29) is 18.1 Å². The van der Waals surface area contributed by atoms with Gasteiger partial charge in [-0.15, -0.1) is 0 Å². The summed E-state index contributed by atoms with van der Waals surface area (Å²) in [5.41, 5.74) is 6.21. The lowest BCUT2D eigenvalue weighted by Gasteiger charge is -2.00. The molecule has 7 nitrogen and oxygen atoms in total. The monoisotopic (exact) mass is 249 g/mol. The topological polar surface area (TPSA) is 99.0 Å². The summed E-state index contributed by atoms with van der Waals surface area (Å²) in [6.45, 7) is 2.19. The van der Waals surface area contributed by atoms with Crippen LogP contribution in [0.5, 0.6) is 0 Å². The number of amides is 1. The zero-order valence-corrected chi connectivity index (χ0v) is 10.3. The maximum absolute atomic E-state index is 11.8. The van der Waals surface area contributed by atoms with Gasteiger partial charge in [0.2, 0.25) is 5.89 Å². The van der Waals surface area contributed by atoms with Gasteiger partial charge in [-0.1, -0.05) is 6.92 Å². The van der Waals surface area contributed by atoms with Gasteiger partial charge in [-0.25, -0.2) is 4.98 Å². The average molecular weight is 249 g/mol. The molecule has 2 aromatic rings. The van der Waals surface area contributed by atoms with Crippen LogP contribution in [0.3, 0.4) is 0 Å². The van der Waals surface area contributed by atoms with E-state index >= 15 is 0 Å². The van der Waals surface area contributed by atoms with Gasteiger partial charge in [-0.05, 0) is 0 Å². The minimum atomic E-state index is -0.343. The summed E-state index contributed by atoms with van der Waals surface area (Å²) in [6, 6.07) is 0. The number of nitrogen functional groups attached to an aromatic ring is 1. The van der Waals surface area contributed by atoms with Crippen molar-refractivity contribution in [2.75, 3.05) is 5.73 Å². The minimum Gasteiger partial charge on any atom is -0.444 e. The van der Waals surface area contributed by atoms with E-state index in [0.717, 1.165) is 12.2 Å². The highest BCUT2D eigenvalue weighted by atomic mass is 16.4.